The predicted octanol–water partition coefficient (Wildman–Crippen LogP) is 4.07. The molecular weight excluding hydrogens is 216 g/mol. The molecule has 0 unspecified atom stereocenters. The quantitative estimate of drug-likeness (QED) is 0.737. The number of rotatable bonds is 4. The Morgan fingerprint density at radius 3 is 1.53 bits per heavy atom. The summed E-state index contributed by atoms with van der Waals surface area (Å²) in [6.45, 7) is 0. The van der Waals surface area contributed by atoms with Gasteiger partial charge in [0, 0.05) is 6.42 Å². The van der Waals surface area contributed by atoms with Gasteiger partial charge in [-0.2, -0.15) is 0 Å². The summed E-state index contributed by atoms with van der Waals surface area (Å²) in [7, 11) is 0. The van der Waals surface area contributed by atoms with Gasteiger partial charge in [-0.3, -0.25) is 0 Å². The second-order valence-electron chi connectivity index (χ2n) is 3.62. The van der Waals surface area contributed by atoms with E-state index in [1.54, 1.807) is 24.3 Å². The fourth-order valence-corrected chi connectivity index (χ4v) is 1.70. The number of hydrogen-bond donors (Lipinski definition) is 0. The van der Waals surface area contributed by atoms with Crippen LogP contribution in [0.2, 0.25) is 0 Å². The second kappa shape index (κ2) is 5.12. The van der Waals surface area contributed by atoms with Gasteiger partial charge >= 0.3 is 0 Å². The zero-order valence-corrected chi connectivity index (χ0v) is 9.04. The van der Waals surface area contributed by atoms with Crippen molar-refractivity contribution >= 4 is 11.4 Å². The largest absolute Gasteiger partial charge is 0.145 e. The molecule has 0 saturated heterocycles. The Hall–Kier alpha value is -2.36. The third-order valence-corrected chi connectivity index (χ3v) is 2.56. The van der Waals surface area contributed by atoms with E-state index < -0.39 is 0 Å². The lowest BCUT2D eigenvalue weighted by molar-refractivity contribution is 1.17. The molecule has 2 aromatic carbocycles. The summed E-state index contributed by atoms with van der Waals surface area (Å²) in [5.74, 6) is 0. The summed E-state index contributed by atoms with van der Waals surface area (Å²) in [5, 5.41) is 5.93. The van der Waals surface area contributed by atoms with Crippen LogP contribution in [0.15, 0.2) is 58.9 Å². The first-order valence-corrected chi connectivity index (χ1v) is 5.17. The maximum Gasteiger partial charge on any atom is 0.111 e. The lowest BCUT2D eigenvalue weighted by atomic mass is 10.0. The Labute approximate surface area is 98.2 Å². The molecule has 0 amide bonds. The molecule has 4 nitrogen and oxygen atoms in total. The zero-order valence-electron chi connectivity index (χ0n) is 9.04. The smallest absolute Gasteiger partial charge is 0.111 e. The van der Waals surface area contributed by atoms with E-state index in [1.165, 1.54) is 0 Å². The summed E-state index contributed by atoms with van der Waals surface area (Å²) in [6, 6.07) is 14.1. The van der Waals surface area contributed by atoms with Crippen LogP contribution in [0.1, 0.15) is 11.1 Å². The van der Waals surface area contributed by atoms with Crippen LogP contribution in [0.3, 0.4) is 0 Å². The minimum Gasteiger partial charge on any atom is -0.145 e. The van der Waals surface area contributed by atoms with Gasteiger partial charge in [-0.1, -0.05) is 36.4 Å². The van der Waals surface area contributed by atoms with Gasteiger partial charge in [0.25, 0.3) is 0 Å². The zero-order chi connectivity index (χ0) is 12.1. The molecule has 0 aliphatic rings. The van der Waals surface area contributed by atoms with Gasteiger partial charge in [0.2, 0.25) is 0 Å². The topological polar surface area (TPSA) is 58.9 Å². The average Bonchev–Trinajstić information content (AvgIpc) is 2.40. The highest BCUT2D eigenvalue weighted by Crippen LogP contribution is 2.26. The molecule has 17 heavy (non-hydrogen) atoms. The molecule has 0 aromatic heterocycles. The predicted molar refractivity (Wildman–Crippen MR) is 66.6 cm³/mol. The molecule has 0 heterocycles. The molecule has 84 valence electrons. The third-order valence-electron chi connectivity index (χ3n) is 2.56. The molecule has 0 bridgehead atoms. The molecule has 0 spiro atoms. The molecule has 0 aliphatic heterocycles. The Bertz CT molecular complexity index is 503. The van der Waals surface area contributed by atoms with E-state index in [1.807, 2.05) is 24.3 Å². The Morgan fingerprint density at radius 1 is 0.706 bits per heavy atom. The first-order chi connectivity index (χ1) is 8.35. The highest BCUT2D eigenvalue weighted by Gasteiger charge is 2.06. The van der Waals surface area contributed by atoms with Crippen LogP contribution >= 0.6 is 0 Å². The summed E-state index contributed by atoms with van der Waals surface area (Å²) < 4.78 is 0. The minimum absolute atomic E-state index is 0.396. The Kier molecular flexibility index (Phi) is 3.35. The van der Waals surface area contributed by atoms with Gasteiger partial charge in [-0.15, -0.1) is 9.81 Å². The number of hydrogen-bond acceptors (Lipinski definition) is 4. The first kappa shape index (κ1) is 11.1. The molecule has 2 rings (SSSR count). The van der Waals surface area contributed by atoms with Gasteiger partial charge in [0.1, 0.15) is 11.4 Å². The first-order valence-electron chi connectivity index (χ1n) is 5.17. The van der Waals surface area contributed by atoms with Gasteiger partial charge in [0.15, 0.2) is 0 Å². The van der Waals surface area contributed by atoms with E-state index in [2.05, 4.69) is 10.4 Å². The van der Waals surface area contributed by atoms with E-state index in [-0.39, 0.29) is 0 Å². The maximum atomic E-state index is 10.6. The van der Waals surface area contributed by atoms with Crippen molar-refractivity contribution in [3.8, 4) is 0 Å². The lowest BCUT2D eigenvalue weighted by Crippen LogP contribution is -1.88. The van der Waals surface area contributed by atoms with Crippen molar-refractivity contribution in [2.24, 2.45) is 10.4 Å². The molecule has 0 aliphatic carbocycles. The van der Waals surface area contributed by atoms with E-state index in [4.69, 9.17) is 0 Å². The van der Waals surface area contributed by atoms with Crippen molar-refractivity contribution in [2.45, 2.75) is 6.42 Å². The molecule has 4 heteroatoms. The molecule has 2 aromatic rings. The van der Waals surface area contributed by atoms with Gasteiger partial charge in [0.05, 0.1) is 0 Å². The summed E-state index contributed by atoms with van der Waals surface area (Å²) in [6.07, 6.45) is 0.476. The van der Waals surface area contributed by atoms with Crippen LogP contribution in [0.25, 0.3) is 0 Å². The number of benzene rings is 2. The summed E-state index contributed by atoms with van der Waals surface area (Å²) in [4.78, 5) is 21.3. The van der Waals surface area contributed by atoms with E-state index in [0.29, 0.717) is 17.8 Å². The highest BCUT2D eigenvalue weighted by atomic mass is 16.3. The van der Waals surface area contributed by atoms with Crippen molar-refractivity contribution in [3.63, 3.8) is 0 Å². The van der Waals surface area contributed by atoms with Crippen molar-refractivity contribution in [1.82, 2.24) is 0 Å². The van der Waals surface area contributed by atoms with Crippen molar-refractivity contribution in [1.29, 1.82) is 0 Å². The Balaban J connectivity index is 2.37. The van der Waals surface area contributed by atoms with Crippen LogP contribution in [-0.4, -0.2) is 0 Å². The van der Waals surface area contributed by atoms with Crippen molar-refractivity contribution < 1.29 is 0 Å². The van der Waals surface area contributed by atoms with Gasteiger partial charge < -0.3 is 0 Å². The minimum atomic E-state index is 0.396. The second-order valence-corrected chi connectivity index (χ2v) is 3.62. The lowest BCUT2D eigenvalue weighted by Gasteiger charge is -2.05. The fourth-order valence-electron chi connectivity index (χ4n) is 1.70. The van der Waals surface area contributed by atoms with Crippen LogP contribution in [-0.2, 0) is 6.42 Å². The van der Waals surface area contributed by atoms with Gasteiger partial charge in [-0.25, -0.2) is 0 Å². The van der Waals surface area contributed by atoms with E-state index in [9.17, 15) is 9.81 Å². The van der Waals surface area contributed by atoms with Gasteiger partial charge in [-0.05, 0) is 33.6 Å². The fraction of sp³-hybridized carbons (Fsp3) is 0.0769. The average molecular weight is 226 g/mol. The van der Waals surface area contributed by atoms with Crippen LogP contribution in [0.5, 0.6) is 0 Å². The molecule has 0 fully saturated rings. The normalized spacial score (nSPS) is 9.88. The monoisotopic (exact) mass is 226 g/mol. The standard InChI is InChI=1S/C13H10N2O2/c16-14-12-7-3-1-5-10(12)9-11-6-2-4-8-13(11)15-17/h1-8H,9H2. The molecular formula is C13H10N2O2. The van der Waals surface area contributed by atoms with E-state index >= 15 is 0 Å². The molecule has 0 N–H and O–H groups in total. The Morgan fingerprint density at radius 2 is 1.12 bits per heavy atom. The van der Waals surface area contributed by atoms with E-state index in [0.717, 1.165) is 11.1 Å². The maximum absolute atomic E-state index is 10.6. The highest BCUT2D eigenvalue weighted by molar-refractivity contribution is 5.53. The van der Waals surface area contributed by atoms with Crippen LogP contribution in [0, 0.1) is 9.81 Å². The number of nitrogens with zero attached hydrogens (tertiary/aromatic N) is 2. The molecule has 0 radical (unpaired) electrons. The van der Waals surface area contributed by atoms with Crippen molar-refractivity contribution in [2.75, 3.05) is 0 Å². The van der Waals surface area contributed by atoms with Crippen molar-refractivity contribution in [3.05, 3.63) is 69.5 Å². The molecule has 0 atom stereocenters. The molecule has 0 saturated carbocycles. The summed E-state index contributed by atoms with van der Waals surface area (Å²) in [5.41, 5.74) is 2.37. The van der Waals surface area contributed by atoms with Crippen LogP contribution < -0.4 is 0 Å². The third kappa shape index (κ3) is 2.42. The summed E-state index contributed by atoms with van der Waals surface area (Å²) >= 11 is 0. The SMILES string of the molecule is O=Nc1ccccc1Cc1ccccc1N=O. The number of nitroso groups, excluding NO2 is 2. The van der Waals surface area contributed by atoms with Crippen LogP contribution in [0.4, 0.5) is 11.4 Å².